The average Bonchev–Trinajstić information content (AvgIpc) is 3.23. The summed E-state index contributed by atoms with van der Waals surface area (Å²) in [5, 5.41) is 5.57. The van der Waals surface area contributed by atoms with Crippen molar-refractivity contribution >= 4 is 33.0 Å². The average molecular weight is 457 g/mol. The molecule has 162 valence electrons. The largest absolute Gasteiger partial charge is 0.326 e. The molecule has 9 heteroatoms. The van der Waals surface area contributed by atoms with Crippen LogP contribution in [0.1, 0.15) is 5.69 Å². The predicted molar refractivity (Wildman–Crippen MR) is 123 cm³/mol. The van der Waals surface area contributed by atoms with Crippen LogP contribution in [0.4, 0.5) is 5.69 Å². The van der Waals surface area contributed by atoms with Crippen LogP contribution in [0.3, 0.4) is 0 Å². The standard InChI is InChI=1S/C22H24N4O3S2/c1-25-11-13-26(14-12-25)31(28,29)20-9-7-18(8-10-20)23-21(27)15-19-16-30-22(24-19)17-5-3-2-4-6-17/h2-10,16H,11-15H2,1H3,(H,23,27). The Balaban J connectivity index is 1.37. The fraction of sp³-hybridized carbons (Fsp3) is 0.273. The fourth-order valence-electron chi connectivity index (χ4n) is 3.36. The van der Waals surface area contributed by atoms with E-state index in [1.165, 1.54) is 15.6 Å². The number of amides is 1. The van der Waals surface area contributed by atoms with Crippen LogP contribution in [0.25, 0.3) is 10.6 Å². The van der Waals surface area contributed by atoms with Gasteiger partial charge in [0, 0.05) is 42.8 Å². The van der Waals surface area contributed by atoms with Gasteiger partial charge in [-0.2, -0.15) is 4.31 Å². The van der Waals surface area contributed by atoms with Gasteiger partial charge in [-0.1, -0.05) is 30.3 Å². The second-order valence-electron chi connectivity index (χ2n) is 7.47. The second kappa shape index (κ2) is 9.27. The number of anilines is 1. The van der Waals surface area contributed by atoms with Gasteiger partial charge in [0.2, 0.25) is 15.9 Å². The number of likely N-dealkylation sites (N-methyl/N-ethyl adjacent to an activating group) is 1. The lowest BCUT2D eigenvalue weighted by Crippen LogP contribution is -2.46. The third-order valence-electron chi connectivity index (χ3n) is 5.15. The lowest BCUT2D eigenvalue weighted by molar-refractivity contribution is -0.115. The Labute approximate surface area is 186 Å². The van der Waals surface area contributed by atoms with Crippen molar-refractivity contribution < 1.29 is 13.2 Å². The zero-order valence-electron chi connectivity index (χ0n) is 17.2. The van der Waals surface area contributed by atoms with E-state index < -0.39 is 10.0 Å². The number of piperazine rings is 1. The van der Waals surface area contributed by atoms with E-state index >= 15 is 0 Å². The molecule has 1 aliphatic heterocycles. The molecule has 0 saturated carbocycles. The molecule has 31 heavy (non-hydrogen) atoms. The molecular weight excluding hydrogens is 432 g/mol. The molecule has 0 unspecified atom stereocenters. The summed E-state index contributed by atoms with van der Waals surface area (Å²) in [5.41, 5.74) is 2.28. The van der Waals surface area contributed by atoms with E-state index in [0.717, 1.165) is 23.7 Å². The molecule has 1 fully saturated rings. The molecule has 1 saturated heterocycles. The molecule has 1 amide bonds. The first-order valence-electron chi connectivity index (χ1n) is 10.0. The first-order valence-corrected chi connectivity index (χ1v) is 12.3. The highest BCUT2D eigenvalue weighted by Gasteiger charge is 2.27. The number of hydrogen-bond donors (Lipinski definition) is 1. The molecule has 0 radical (unpaired) electrons. The maximum absolute atomic E-state index is 12.8. The van der Waals surface area contributed by atoms with Gasteiger partial charge >= 0.3 is 0 Å². The van der Waals surface area contributed by atoms with E-state index in [4.69, 9.17) is 0 Å². The first kappa shape index (κ1) is 21.6. The van der Waals surface area contributed by atoms with Crippen LogP contribution < -0.4 is 5.32 Å². The third kappa shape index (κ3) is 5.19. The number of benzene rings is 2. The smallest absolute Gasteiger partial charge is 0.243 e. The summed E-state index contributed by atoms with van der Waals surface area (Å²) in [4.78, 5) is 19.3. The van der Waals surface area contributed by atoms with Crippen LogP contribution in [0.2, 0.25) is 0 Å². The summed E-state index contributed by atoms with van der Waals surface area (Å²) in [6.07, 6.45) is 0.157. The molecule has 0 atom stereocenters. The Kier molecular flexibility index (Phi) is 6.47. The van der Waals surface area contributed by atoms with Gasteiger partial charge in [-0.25, -0.2) is 13.4 Å². The van der Waals surface area contributed by atoms with Crippen LogP contribution in [-0.4, -0.2) is 61.7 Å². The van der Waals surface area contributed by atoms with Gasteiger partial charge in [0.1, 0.15) is 5.01 Å². The summed E-state index contributed by atoms with van der Waals surface area (Å²) >= 11 is 1.50. The highest BCUT2D eigenvalue weighted by Crippen LogP contribution is 2.24. The molecule has 0 bridgehead atoms. The molecule has 3 aromatic rings. The van der Waals surface area contributed by atoms with Crippen molar-refractivity contribution in [2.24, 2.45) is 0 Å². The summed E-state index contributed by atoms with van der Waals surface area (Å²) in [6.45, 7) is 2.40. The quantitative estimate of drug-likeness (QED) is 0.617. The minimum Gasteiger partial charge on any atom is -0.326 e. The Hall–Kier alpha value is -2.59. The van der Waals surface area contributed by atoms with E-state index in [-0.39, 0.29) is 17.2 Å². The lowest BCUT2D eigenvalue weighted by Gasteiger charge is -2.31. The van der Waals surface area contributed by atoms with Crippen LogP contribution in [-0.2, 0) is 21.2 Å². The van der Waals surface area contributed by atoms with Gasteiger partial charge in [0.15, 0.2) is 0 Å². The molecule has 1 aromatic heterocycles. The van der Waals surface area contributed by atoms with Gasteiger partial charge in [0.05, 0.1) is 17.0 Å². The number of rotatable bonds is 6. The fourth-order valence-corrected chi connectivity index (χ4v) is 5.61. The van der Waals surface area contributed by atoms with Crippen molar-refractivity contribution in [3.05, 3.63) is 65.7 Å². The maximum atomic E-state index is 12.8. The minimum absolute atomic E-state index is 0.157. The molecular formula is C22H24N4O3S2. The van der Waals surface area contributed by atoms with Crippen molar-refractivity contribution in [3.8, 4) is 10.6 Å². The minimum atomic E-state index is -3.52. The zero-order valence-corrected chi connectivity index (χ0v) is 18.8. The number of nitrogens with one attached hydrogen (secondary N) is 1. The Bertz CT molecular complexity index is 1140. The molecule has 2 heterocycles. The van der Waals surface area contributed by atoms with Crippen molar-refractivity contribution in [3.63, 3.8) is 0 Å². The monoisotopic (exact) mass is 456 g/mol. The Morgan fingerprint density at radius 3 is 2.39 bits per heavy atom. The normalized spacial score (nSPS) is 15.6. The van der Waals surface area contributed by atoms with E-state index in [1.807, 2.05) is 42.8 Å². The molecule has 0 spiro atoms. The zero-order chi connectivity index (χ0) is 21.8. The Morgan fingerprint density at radius 2 is 1.71 bits per heavy atom. The molecule has 2 aromatic carbocycles. The van der Waals surface area contributed by atoms with Crippen LogP contribution in [0.5, 0.6) is 0 Å². The maximum Gasteiger partial charge on any atom is 0.243 e. The predicted octanol–water partition coefficient (Wildman–Crippen LogP) is 2.93. The summed E-state index contributed by atoms with van der Waals surface area (Å²) < 4.78 is 27.1. The summed E-state index contributed by atoms with van der Waals surface area (Å²) in [5.74, 6) is -0.195. The molecule has 1 aliphatic rings. The van der Waals surface area contributed by atoms with Crippen molar-refractivity contribution in [2.75, 3.05) is 38.5 Å². The third-order valence-corrected chi connectivity index (χ3v) is 8.01. The van der Waals surface area contributed by atoms with E-state index in [1.54, 1.807) is 24.3 Å². The highest BCUT2D eigenvalue weighted by molar-refractivity contribution is 7.89. The Morgan fingerprint density at radius 1 is 1.03 bits per heavy atom. The van der Waals surface area contributed by atoms with Crippen molar-refractivity contribution in [1.82, 2.24) is 14.2 Å². The number of aromatic nitrogens is 1. The van der Waals surface area contributed by atoms with Crippen molar-refractivity contribution in [1.29, 1.82) is 0 Å². The molecule has 7 nitrogen and oxygen atoms in total. The second-order valence-corrected chi connectivity index (χ2v) is 10.3. The van der Waals surface area contributed by atoms with E-state index in [2.05, 4.69) is 15.2 Å². The van der Waals surface area contributed by atoms with Gasteiger partial charge in [-0.15, -0.1) is 11.3 Å². The van der Waals surface area contributed by atoms with Crippen LogP contribution in [0.15, 0.2) is 64.9 Å². The molecule has 0 aliphatic carbocycles. The lowest BCUT2D eigenvalue weighted by atomic mass is 10.2. The van der Waals surface area contributed by atoms with Crippen LogP contribution in [0, 0.1) is 0 Å². The van der Waals surface area contributed by atoms with Crippen molar-refractivity contribution in [2.45, 2.75) is 11.3 Å². The first-order chi connectivity index (χ1) is 14.9. The summed E-state index contributed by atoms with van der Waals surface area (Å²) in [6, 6.07) is 16.2. The van der Waals surface area contributed by atoms with Gasteiger partial charge in [-0.05, 0) is 31.3 Å². The van der Waals surface area contributed by atoms with Gasteiger partial charge in [0.25, 0.3) is 0 Å². The number of thiazole rings is 1. The topological polar surface area (TPSA) is 82.6 Å². The molecule has 4 rings (SSSR count). The van der Waals surface area contributed by atoms with Gasteiger partial charge in [-0.3, -0.25) is 4.79 Å². The van der Waals surface area contributed by atoms with Gasteiger partial charge < -0.3 is 10.2 Å². The van der Waals surface area contributed by atoms with E-state index in [0.29, 0.717) is 24.5 Å². The SMILES string of the molecule is CN1CCN(S(=O)(=O)c2ccc(NC(=O)Cc3csc(-c4ccccc4)n3)cc2)CC1. The molecule has 1 N–H and O–H groups in total. The summed E-state index contributed by atoms with van der Waals surface area (Å²) in [7, 11) is -1.54. The van der Waals surface area contributed by atoms with E-state index in [9.17, 15) is 13.2 Å². The number of carbonyl (C=O) groups is 1. The highest BCUT2D eigenvalue weighted by atomic mass is 32.2. The number of hydrogen-bond acceptors (Lipinski definition) is 6. The number of sulfonamides is 1. The van der Waals surface area contributed by atoms with Crippen LogP contribution >= 0.6 is 11.3 Å². The number of carbonyl (C=O) groups excluding carboxylic acids is 1. The number of nitrogens with zero attached hydrogens (tertiary/aromatic N) is 3.